The minimum absolute atomic E-state index is 0.0655. The van der Waals surface area contributed by atoms with Gasteiger partial charge in [0.15, 0.2) is 0 Å². The van der Waals surface area contributed by atoms with Gasteiger partial charge in [-0.3, -0.25) is 4.98 Å². The van der Waals surface area contributed by atoms with E-state index in [1.54, 1.807) is 6.20 Å². The fourth-order valence-electron chi connectivity index (χ4n) is 2.26. The maximum Gasteiger partial charge on any atom is 0.149 e. The van der Waals surface area contributed by atoms with Crippen molar-refractivity contribution < 1.29 is 5.11 Å². The Morgan fingerprint density at radius 2 is 2.44 bits per heavy atom. The highest BCUT2D eigenvalue weighted by Gasteiger charge is 2.38. The van der Waals surface area contributed by atoms with Gasteiger partial charge >= 0.3 is 0 Å². The van der Waals surface area contributed by atoms with Crippen LogP contribution in [0, 0.1) is 5.41 Å². The van der Waals surface area contributed by atoms with Crippen LogP contribution in [0.4, 0.5) is 5.82 Å². The number of nitrogens with zero attached hydrogens (tertiary/aromatic N) is 2. The van der Waals surface area contributed by atoms with Crippen LogP contribution >= 0.6 is 11.6 Å². The Morgan fingerprint density at radius 3 is 3.12 bits per heavy atom. The fraction of sp³-hybridized carbons (Fsp3) is 0.636. The predicted octanol–water partition coefficient (Wildman–Crippen LogP) is 2.09. The summed E-state index contributed by atoms with van der Waals surface area (Å²) in [6.07, 6.45) is 6.37. The van der Waals surface area contributed by atoms with Crippen LogP contribution in [0.15, 0.2) is 12.4 Å². The SMILES string of the molecule is C[C@]1(CO)CCC[C@@H]1Nc1cncc(Cl)n1. The molecule has 0 spiro atoms. The van der Waals surface area contributed by atoms with Crippen LogP contribution in [-0.4, -0.2) is 27.7 Å². The Labute approximate surface area is 100 Å². The molecule has 0 saturated heterocycles. The van der Waals surface area contributed by atoms with E-state index in [2.05, 4.69) is 22.2 Å². The third-order valence-corrected chi connectivity index (χ3v) is 3.55. The van der Waals surface area contributed by atoms with Crippen molar-refractivity contribution in [2.24, 2.45) is 5.41 Å². The minimum Gasteiger partial charge on any atom is -0.396 e. The molecule has 16 heavy (non-hydrogen) atoms. The summed E-state index contributed by atoms with van der Waals surface area (Å²) in [5.74, 6) is 0.680. The van der Waals surface area contributed by atoms with Crippen molar-refractivity contribution in [2.45, 2.75) is 32.2 Å². The number of hydrogen-bond donors (Lipinski definition) is 2. The van der Waals surface area contributed by atoms with E-state index < -0.39 is 0 Å². The molecule has 5 heteroatoms. The average Bonchev–Trinajstić information content (AvgIpc) is 2.61. The molecule has 1 aliphatic carbocycles. The van der Waals surface area contributed by atoms with Crippen molar-refractivity contribution in [3.05, 3.63) is 17.5 Å². The van der Waals surface area contributed by atoms with Gasteiger partial charge in [-0.05, 0) is 12.8 Å². The van der Waals surface area contributed by atoms with E-state index in [1.165, 1.54) is 6.20 Å². The highest BCUT2D eigenvalue weighted by atomic mass is 35.5. The van der Waals surface area contributed by atoms with Crippen LogP contribution < -0.4 is 5.32 Å². The third kappa shape index (κ3) is 2.28. The van der Waals surface area contributed by atoms with Gasteiger partial charge in [0, 0.05) is 11.5 Å². The summed E-state index contributed by atoms with van der Waals surface area (Å²) in [5.41, 5.74) is -0.0655. The second kappa shape index (κ2) is 4.55. The van der Waals surface area contributed by atoms with E-state index in [0.717, 1.165) is 19.3 Å². The molecule has 0 amide bonds. The number of nitrogens with one attached hydrogen (secondary N) is 1. The largest absolute Gasteiger partial charge is 0.396 e. The molecule has 1 heterocycles. The van der Waals surface area contributed by atoms with Crippen molar-refractivity contribution in [1.29, 1.82) is 0 Å². The summed E-state index contributed by atoms with van der Waals surface area (Å²) in [4.78, 5) is 8.13. The Kier molecular flexibility index (Phi) is 3.30. The molecule has 2 atom stereocenters. The third-order valence-electron chi connectivity index (χ3n) is 3.37. The number of aromatic nitrogens is 2. The lowest BCUT2D eigenvalue weighted by atomic mass is 9.86. The first kappa shape index (κ1) is 11.6. The zero-order valence-corrected chi connectivity index (χ0v) is 10.0. The van der Waals surface area contributed by atoms with E-state index in [4.69, 9.17) is 11.6 Å². The van der Waals surface area contributed by atoms with E-state index in [9.17, 15) is 5.11 Å². The first-order chi connectivity index (χ1) is 7.64. The molecule has 2 rings (SSSR count). The Morgan fingerprint density at radius 1 is 1.62 bits per heavy atom. The van der Waals surface area contributed by atoms with Gasteiger partial charge in [0.2, 0.25) is 0 Å². The van der Waals surface area contributed by atoms with Gasteiger partial charge in [0.25, 0.3) is 0 Å². The smallest absolute Gasteiger partial charge is 0.149 e. The van der Waals surface area contributed by atoms with E-state index in [1.807, 2.05) is 0 Å². The van der Waals surface area contributed by atoms with E-state index in [0.29, 0.717) is 11.0 Å². The average molecular weight is 242 g/mol. The highest BCUT2D eigenvalue weighted by molar-refractivity contribution is 6.29. The van der Waals surface area contributed by atoms with Crippen molar-refractivity contribution >= 4 is 17.4 Å². The van der Waals surface area contributed by atoms with Gasteiger partial charge < -0.3 is 10.4 Å². The number of aliphatic hydroxyl groups is 1. The monoisotopic (exact) mass is 241 g/mol. The second-order valence-corrected chi connectivity index (χ2v) is 5.02. The lowest BCUT2D eigenvalue weighted by molar-refractivity contribution is 0.139. The van der Waals surface area contributed by atoms with Crippen molar-refractivity contribution in [3.8, 4) is 0 Å². The number of halogens is 1. The Bertz CT molecular complexity index is 374. The van der Waals surface area contributed by atoms with Gasteiger partial charge in [-0.15, -0.1) is 0 Å². The number of aliphatic hydroxyl groups excluding tert-OH is 1. The van der Waals surface area contributed by atoms with Gasteiger partial charge in [-0.1, -0.05) is 24.9 Å². The van der Waals surface area contributed by atoms with Crippen molar-refractivity contribution in [1.82, 2.24) is 9.97 Å². The highest BCUT2D eigenvalue weighted by Crippen LogP contribution is 2.38. The maximum absolute atomic E-state index is 9.43. The maximum atomic E-state index is 9.43. The topological polar surface area (TPSA) is 58.0 Å². The molecular weight excluding hydrogens is 226 g/mol. The summed E-state index contributed by atoms with van der Waals surface area (Å²) >= 11 is 5.77. The van der Waals surface area contributed by atoms with Crippen LogP contribution in [0.25, 0.3) is 0 Å². The molecule has 4 nitrogen and oxygen atoms in total. The van der Waals surface area contributed by atoms with Crippen molar-refractivity contribution in [3.63, 3.8) is 0 Å². The summed E-state index contributed by atoms with van der Waals surface area (Å²) in [7, 11) is 0. The predicted molar refractivity (Wildman–Crippen MR) is 63.5 cm³/mol. The number of hydrogen-bond acceptors (Lipinski definition) is 4. The molecule has 88 valence electrons. The first-order valence-electron chi connectivity index (χ1n) is 5.49. The van der Waals surface area contributed by atoms with Crippen LogP contribution in [0.1, 0.15) is 26.2 Å². The van der Waals surface area contributed by atoms with Crippen LogP contribution in [-0.2, 0) is 0 Å². The van der Waals surface area contributed by atoms with Crippen LogP contribution in [0.5, 0.6) is 0 Å². The van der Waals surface area contributed by atoms with Gasteiger partial charge in [-0.2, -0.15) is 0 Å². The number of anilines is 1. The zero-order chi connectivity index (χ0) is 11.6. The molecule has 1 aromatic heterocycles. The molecule has 1 saturated carbocycles. The Hall–Kier alpha value is -0.870. The minimum atomic E-state index is -0.0655. The van der Waals surface area contributed by atoms with Crippen LogP contribution in [0.2, 0.25) is 5.15 Å². The summed E-state index contributed by atoms with van der Waals surface area (Å²) in [6, 6.07) is 0.241. The van der Waals surface area contributed by atoms with E-state index in [-0.39, 0.29) is 18.1 Å². The van der Waals surface area contributed by atoms with Gasteiger partial charge in [0.1, 0.15) is 11.0 Å². The lowest BCUT2D eigenvalue weighted by Crippen LogP contribution is -2.36. The molecule has 0 aliphatic heterocycles. The molecular formula is C11H16ClN3O. The molecule has 1 fully saturated rings. The quantitative estimate of drug-likeness (QED) is 0.851. The summed E-state index contributed by atoms with van der Waals surface area (Å²) in [6.45, 7) is 2.29. The molecule has 0 unspecified atom stereocenters. The van der Waals surface area contributed by atoms with E-state index >= 15 is 0 Å². The fourth-order valence-corrected chi connectivity index (χ4v) is 2.41. The first-order valence-corrected chi connectivity index (χ1v) is 5.87. The normalized spacial score (nSPS) is 29.3. The summed E-state index contributed by atoms with van der Waals surface area (Å²) in [5, 5.41) is 13.1. The summed E-state index contributed by atoms with van der Waals surface area (Å²) < 4.78 is 0. The van der Waals surface area contributed by atoms with Crippen molar-refractivity contribution in [2.75, 3.05) is 11.9 Å². The Balaban J connectivity index is 2.10. The van der Waals surface area contributed by atoms with Crippen LogP contribution in [0.3, 0.4) is 0 Å². The molecule has 1 aromatic rings. The molecule has 1 aliphatic rings. The molecule has 0 bridgehead atoms. The molecule has 2 N–H and O–H groups in total. The molecule has 0 aromatic carbocycles. The zero-order valence-electron chi connectivity index (χ0n) is 9.28. The van der Waals surface area contributed by atoms with Gasteiger partial charge in [0.05, 0.1) is 19.0 Å². The number of rotatable bonds is 3. The standard InChI is InChI=1S/C11H16ClN3O/c1-11(7-16)4-2-3-8(11)14-10-6-13-5-9(12)15-10/h5-6,8,16H,2-4,7H2,1H3,(H,14,15)/t8-,11+/m0/s1. The lowest BCUT2D eigenvalue weighted by Gasteiger charge is -2.30. The molecule has 0 radical (unpaired) electrons. The van der Waals surface area contributed by atoms with Gasteiger partial charge in [-0.25, -0.2) is 4.98 Å². The second-order valence-electron chi connectivity index (χ2n) is 4.63.